The fraction of sp³-hybridized carbons (Fsp3) is 0.688. The number of hydrogen-bond acceptors (Lipinski definition) is 4. The summed E-state index contributed by atoms with van der Waals surface area (Å²) in [6.07, 6.45) is 4.79. The zero-order chi connectivity index (χ0) is 15.3. The minimum Gasteiger partial charge on any atom is -0.385 e. The van der Waals surface area contributed by atoms with Crippen LogP contribution in [0.4, 0.5) is 0 Å². The van der Waals surface area contributed by atoms with Crippen LogP contribution in [0.5, 0.6) is 0 Å². The number of carbonyl (C=O) groups excluding carboxylic acids is 1. The van der Waals surface area contributed by atoms with Gasteiger partial charge in [-0.15, -0.1) is 11.3 Å². The Kier molecular flexibility index (Phi) is 5.41. The first kappa shape index (κ1) is 16.5. The average molecular weight is 311 g/mol. The Bertz CT molecular complexity index is 450. The van der Waals surface area contributed by atoms with Gasteiger partial charge in [-0.05, 0) is 37.6 Å². The van der Waals surface area contributed by atoms with Gasteiger partial charge in [0.25, 0.3) is 0 Å². The van der Waals surface area contributed by atoms with E-state index < -0.39 is 5.60 Å². The van der Waals surface area contributed by atoms with E-state index in [0.717, 1.165) is 37.0 Å². The molecule has 0 aromatic carbocycles. The number of amides is 1. The Morgan fingerprint density at radius 1 is 1.52 bits per heavy atom. The lowest BCUT2D eigenvalue weighted by atomic mass is 9.81. The molecule has 5 heteroatoms. The van der Waals surface area contributed by atoms with Crippen molar-refractivity contribution < 1.29 is 14.6 Å². The molecule has 1 aromatic rings. The van der Waals surface area contributed by atoms with E-state index in [1.807, 2.05) is 17.5 Å². The van der Waals surface area contributed by atoms with Crippen LogP contribution in [-0.4, -0.2) is 31.3 Å². The molecule has 1 unspecified atom stereocenters. The molecule has 4 nitrogen and oxygen atoms in total. The van der Waals surface area contributed by atoms with Gasteiger partial charge in [-0.2, -0.15) is 0 Å². The lowest BCUT2D eigenvalue weighted by Crippen LogP contribution is -2.45. The number of hydrogen-bond donors (Lipinski definition) is 2. The standard InChI is InChI=1S/C16H25NO3S/c1-15(19,13-6-5-11-21-13)12-17-14(18)16(9-10-20-2)7-3-4-8-16/h5-6,11,19H,3-4,7-10,12H2,1-2H3,(H,17,18). The number of aliphatic hydroxyl groups is 1. The second-order valence-corrected chi connectivity index (χ2v) is 7.11. The summed E-state index contributed by atoms with van der Waals surface area (Å²) in [6.45, 7) is 2.60. The molecule has 0 aliphatic heterocycles. The Labute approximate surface area is 130 Å². The van der Waals surface area contributed by atoms with Crippen LogP contribution in [-0.2, 0) is 15.1 Å². The summed E-state index contributed by atoms with van der Waals surface area (Å²) in [5, 5.41) is 15.4. The minimum absolute atomic E-state index is 0.0638. The molecule has 1 aromatic heterocycles. The lowest BCUT2D eigenvalue weighted by Gasteiger charge is -2.30. The van der Waals surface area contributed by atoms with E-state index in [4.69, 9.17) is 4.74 Å². The Morgan fingerprint density at radius 3 is 2.81 bits per heavy atom. The second kappa shape index (κ2) is 6.90. The highest BCUT2D eigenvalue weighted by Gasteiger charge is 2.41. The maximum atomic E-state index is 12.6. The molecule has 118 valence electrons. The largest absolute Gasteiger partial charge is 0.385 e. The van der Waals surface area contributed by atoms with E-state index >= 15 is 0 Å². The molecule has 1 amide bonds. The molecular formula is C16H25NO3S. The monoisotopic (exact) mass is 311 g/mol. The quantitative estimate of drug-likeness (QED) is 0.814. The van der Waals surface area contributed by atoms with Gasteiger partial charge in [0.2, 0.25) is 5.91 Å². The highest BCUT2D eigenvalue weighted by atomic mass is 32.1. The van der Waals surface area contributed by atoms with Gasteiger partial charge in [0.05, 0.1) is 12.0 Å². The van der Waals surface area contributed by atoms with Crippen LogP contribution in [0, 0.1) is 5.41 Å². The van der Waals surface area contributed by atoms with E-state index in [1.165, 1.54) is 11.3 Å². The number of nitrogens with one attached hydrogen (secondary N) is 1. The molecule has 0 radical (unpaired) electrons. The normalized spacial score (nSPS) is 20.1. The second-order valence-electron chi connectivity index (χ2n) is 6.16. The van der Waals surface area contributed by atoms with Crippen molar-refractivity contribution in [3.63, 3.8) is 0 Å². The van der Waals surface area contributed by atoms with Gasteiger partial charge in [-0.25, -0.2) is 0 Å². The SMILES string of the molecule is COCCC1(C(=O)NCC(C)(O)c2cccs2)CCCC1. The van der Waals surface area contributed by atoms with Gasteiger partial charge in [-0.3, -0.25) is 4.79 Å². The van der Waals surface area contributed by atoms with Gasteiger partial charge in [0.1, 0.15) is 5.60 Å². The highest BCUT2D eigenvalue weighted by molar-refractivity contribution is 7.10. The topological polar surface area (TPSA) is 58.6 Å². The molecular weight excluding hydrogens is 286 g/mol. The minimum atomic E-state index is -1.01. The zero-order valence-corrected chi connectivity index (χ0v) is 13.7. The summed E-state index contributed by atoms with van der Waals surface area (Å²) in [4.78, 5) is 13.5. The third kappa shape index (κ3) is 3.84. The Balaban J connectivity index is 1.96. The van der Waals surface area contributed by atoms with E-state index in [2.05, 4.69) is 5.32 Å². The van der Waals surface area contributed by atoms with Crippen LogP contribution in [0.2, 0.25) is 0 Å². The molecule has 1 atom stereocenters. The summed E-state index contributed by atoms with van der Waals surface area (Å²) in [5.74, 6) is 0.0638. The molecule has 2 rings (SSSR count). The maximum absolute atomic E-state index is 12.6. The predicted molar refractivity (Wildman–Crippen MR) is 84.3 cm³/mol. The first-order valence-corrected chi connectivity index (χ1v) is 8.42. The molecule has 0 spiro atoms. The lowest BCUT2D eigenvalue weighted by molar-refractivity contribution is -0.133. The van der Waals surface area contributed by atoms with Crippen LogP contribution >= 0.6 is 11.3 Å². The molecule has 21 heavy (non-hydrogen) atoms. The van der Waals surface area contributed by atoms with Crippen molar-refractivity contribution in [2.24, 2.45) is 5.41 Å². The van der Waals surface area contributed by atoms with E-state index in [9.17, 15) is 9.90 Å². The molecule has 0 bridgehead atoms. The van der Waals surface area contributed by atoms with Crippen molar-refractivity contribution in [1.82, 2.24) is 5.32 Å². The highest BCUT2D eigenvalue weighted by Crippen LogP contribution is 2.41. The Morgan fingerprint density at radius 2 is 2.24 bits per heavy atom. The Hall–Kier alpha value is -0.910. The molecule has 1 saturated carbocycles. The van der Waals surface area contributed by atoms with Crippen molar-refractivity contribution in [1.29, 1.82) is 0 Å². The number of ether oxygens (including phenoxy) is 1. The molecule has 1 aliphatic rings. The molecule has 1 aliphatic carbocycles. The summed E-state index contributed by atoms with van der Waals surface area (Å²) >= 11 is 1.51. The smallest absolute Gasteiger partial charge is 0.226 e. The van der Waals surface area contributed by atoms with Gasteiger partial charge in [0, 0.05) is 18.6 Å². The van der Waals surface area contributed by atoms with E-state index in [-0.39, 0.29) is 17.9 Å². The van der Waals surface area contributed by atoms with Crippen LogP contribution in [0.3, 0.4) is 0 Å². The van der Waals surface area contributed by atoms with Crippen LogP contribution < -0.4 is 5.32 Å². The molecule has 1 fully saturated rings. The van der Waals surface area contributed by atoms with Crippen LogP contribution in [0.15, 0.2) is 17.5 Å². The van der Waals surface area contributed by atoms with E-state index in [1.54, 1.807) is 14.0 Å². The van der Waals surface area contributed by atoms with E-state index in [0.29, 0.717) is 6.61 Å². The summed E-state index contributed by atoms with van der Waals surface area (Å²) < 4.78 is 5.16. The number of carbonyl (C=O) groups is 1. The van der Waals surface area contributed by atoms with Crippen molar-refractivity contribution in [3.8, 4) is 0 Å². The van der Waals surface area contributed by atoms with Gasteiger partial charge in [-0.1, -0.05) is 18.9 Å². The summed E-state index contributed by atoms with van der Waals surface area (Å²) in [6, 6.07) is 3.81. The molecule has 2 N–H and O–H groups in total. The van der Waals surface area contributed by atoms with Gasteiger partial charge in [0.15, 0.2) is 0 Å². The third-order valence-electron chi connectivity index (χ3n) is 4.47. The van der Waals surface area contributed by atoms with Crippen molar-refractivity contribution in [3.05, 3.63) is 22.4 Å². The van der Waals surface area contributed by atoms with Crippen molar-refractivity contribution >= 4 is 17.2 Å². The predicted octanol–water partition coefficient (Wildman–Crippen LogP) is 2.67. The summed E-state index contributed by atoms with van der Waals surface area (Å²) in [7, 11) is 1.67. The first-order chi connectivity index (χ1) is 10.0. The number of thiophene rings is 1. The summed E-state index contributed by atoms with van der Waals surface area (Å²) in [5.41, 5.74) is -1.31. The number of rotatable bonds is 7. The first-order valence-electron chi connectivity index (χ1n) is 7.54. The average Bonchev–Trinajstić information content (AvgIpc) is 3.14. The van der Waals surface area contributed by atoms with Crippen molar-refractivity contribution in [2.45, 2.75) is 44.6 Å². The third-order valence-corrected chi connectivity index (χ3v) is 5.60. The molecule has 0 saturated heterocycles. The van der Waals surface area contributed by atoms with Gasteiger partial charge < -0.3 is 15.2 Å². The van der Waals surface area contributed by atoms with Crippen molar-refractivity contribution in [2.75, 3.05) is 20.3 Å². The van der Waals surface area contributed by atoms with Crippen LogP contribution in [0.1, 0.15) is 43.9 Å². The fourth-order valence-electron chi connectivity index (χ4n) is 3.05. The zero-order valence-electron chi connectivity index (χ0n) is 12.9. The molecule has 1 heterocycles. The maximum Gasteiger partial charge on any atom is 0.226 e. The van der Waals surface area contributed by atoms with Gasteiger partial charge >= 0.3 is 0 Å². The number of methoxy groups -OCH3 is 1. The van der Waals surface area contributed by atoms with Crippen LogP contribution in [0.25, 0.3) is 0 Å². The fourth-order valence-corrected chi connectivity index (χ4v) is 3.84.